The van der Waals surface area contributed by atoms with Crippen molar-refractivity contribution in [2.24, 2.45) is 0 Å². The molecule has 0 radical (unpaired) electrons. The molecule has 8 aromatic heterocycles. The lowest BCUT2D eigenvalue weighted by Crippen LogP contribution is -2.06. The number of benzene rings is 20. The average molecular weight is 1090 g/mol. The molecule has 12 heteroatoms. The second-order valence-corrected chi connectivity index (χ2v) is 26.0. The molecule has 0 saturated carbocycles. The van der Waals surface area contributed by atoms with Crippen LogP contribution < -0.4 is 0 Å². The van der Waals surface area contributed by atoms with E-state index in [1.54, 1.807) is 25.3 Å². The van der Waals surface area contributed by atoms with Gasteiger partial charge in [0.2, 0.25) is 0 Å². The molecule has 20 aromatic carbocycles. The molecule has 28 aromatic rings. The summed E-state index contributed by atoms with van der Waals surface area (Å²) in [5.41, 5.74) is 12.3. The van der Waals surface area contributed by atoms with E-state index in [4.69, 9.17) is 59.8 Å². The molecule has 384 valence electrons. The van der Waals surface area contributed by atoms with E-state index >= 15 is 0 Å². The Morgan fingerprint density at radius 3 is 0.966 bits per heavy atom. The summed E-state index contributed by atoms with van der Waals surface area (Å²) >= 11 is 0. The fourth-order valence-corrected chi connectivity index (χ4v) is 20.5. The molecule has 87 heavy (non-hydrogen) atoms. The molecule has 0 aliphatic carbocycles. The summed E-state index contributed by atoms with van der Waals surface area (Å²) in [5.74, 6) is 0. The zero-order valence-corrected chi connectivity index (χ0v) is 45.5. The van der Waals surface area contributed by atoms with Crippen LogP contribution in [0.1, 0.15) is 16.8 Å². The number of fused-ring (bicyclic) bond motifs is 12. The number of nitrogens with zero attached hydrogens (tertiary/aromatic N) is 12. The molecule has 0 aliphatic heterocycles. The predicted octanol–water partition coefficient (Wildman–Crippen LogP) is 18.1. The molecule has 28 rings (SSSR count). The van der Waals surface area contributed by atoms with Crippen LogP contribution in [0.2, 0.25) is 0 Å². The SMILES string of the molecule is Cc1ncc2c3ncnc4c5ncnc6c7cnc8c9cc%10c%11ccc(C)c%12c%13cncc%14c%15ncnc%16c%17ncnc%18c%19cnc%20c%21cc%22c%23ccc(C)c%24c1c2c1c(c34)c(c65)c2c7c8c(c%21c9c3c%10c4c(c%11%12)c(c%14%13)c(c%15%16)c(c%18%17)c4c%19c%203)c%22c2c1c%23%24. The van der Waals surface area contributed by atoms with E-state index in [0.29, 0.717) is 0 Å². The quantitative estimate of drug-likeness (QED) is 0.105. The number of aromatic nitrogens is 12. The van der Waals surface area contributed by atoms with E-state index in [-0.39, 0.29) is 0 Å². The molecular weight excluding hydrogens is 1070 g/mol. The van der Waals surface area contributed by atoms with Gasteiger partial charge in [-0.3, -0.25) is 19.9 Å². The first-order valence-electron chi connectivity index (χ1n) is 29.7. The summed E-state index contributed by atoms with van der Waals surface area (Å²) in [6.07, 6.45) is 17.4. The van der Waals surface area contributed by atoms with Gasteiger partial charge in [-0.25, -0.2) is 39.9 Å². The standard InChI is InChI=1S/C75H24N12/c1-19-4-6-22-24-8-26-41-42-27(67-60-44-31(13-79-67)70-64-58-54(44)51(39(24)47(41)60)49-37(22)33(19)28-10-76-11-29-36(28)46(49)56(58)62-68(29)80-15-84-72(62)74(64)86-17-82-70)9-25-23-7-5-20(2)34-35-21(3)77-12-30-43(35)53-50(38(23)34)52-40(25)48(42)61-45-32(14-78-66(26)61)71-65-59(55(45)52)57(53)63-69(30)81-16-85-73(63)75(65)87-18-83-71/h4-18H,1-3H3. The average Bonchev–Trinajstić information content (AvgIpc) is 0.662. The lowest BCUT2D eigenvalue weighted by molar-refractivity contribution is 1.23. The Hall–Kier alpha value is -11.8. The summed E-state index contributed by atoms with van der Waals surface area (Å²) in [4.78, 5) is 63.8. The van der Waals surface area contributed by atoms with Crippen LogP contribution >= 0.6 is 0 Å². The second kappa shape index (κ2) is 11.5. The number of hydrogen-bond donors (Lipinski definition) is 0. The van der Waals surface area contributed by atoms with Gasteiger partial charge in [0.05, 0.1) is 33.1 Å². The van der Waals surface area contributed by atoms with Crippen molar-refractivity contribution in [2.75, 3.05) is 0 Å². The van der Waals surface area contributed by atoms with Crippen LogP contribution in [0.4, 0.5) is 0 Å². The third kappa shape index (κ3) is 3.37. The highest BCUT2D eigenvalue weighted by Gasteiger charge is 2.39. The first-order valence-corrected chi connectivity index (χ1v) is 29.7. The fourth-order valence-electron chi connectivity index (χ4n) is 20.5. The zero-order chi connectivity index (χ0) is 55.0. The molecule has 0 unspecified atom stereocenters. The van der Waals surface area contributed by atoms with Crippen LogP contribution in [-0.2, 0) is 0 Å². The van der Waals surface area contributed by atoms with Gasteiger partial charge in [-0.2, -0.15) is 0 Å². The minimum Gasteiger partial charge on any atom is -0.263 e. The number of rotatable bonds is 0. The van der Waals surface area contributed by atoms with Gasteiger partial charge in [0.15, 0.2) is 0 Å². The Bertz CT molecular complexity index is 8200. The molecule has 12 nitrogen and oxygen atoms in total. The predicted molar refractivity (Wildman–Crippen MR) is 355 cm³/mol. The van der Waals surface area contributed by atoms with Crippen molar-refractivity contribution >= 4 is 292 Å². The Labute approximate surface area is 479 Å². The highest BCUT2D eigenvalue weighted by molar-refractivity contribution is 6.67. The number of pyridine rings is 4. The van der Waals surface area contributed by atoms with Crippen molar-refractivity contribution in [3.8, 4) is 0 Å². The van der Waals surface area contributed by atoms with Crippen molar-refractivity contribution in [1.82, 2.24) is 59.8 Å². The van der Waals surface area contributed by atoms with Crippen LogP contribution in [0.5, 0.6) is 0 Å². The lowest BCUT2D eigenvalue weighted by Gasteiger charge is -2.31. The van der Waals surface area contributed by atoms with Gasteiger partial charge in [0.25, 0.3) is 0 Å². The first kappa shape index (κ1) is 39.7. The van der Waals surface area contributed by atoms with Gasteiger partial charge < -0.3 is 0 Å². The van der Waals surface area contributed by atoms with Gasteiger partial charge in [0, 0.05) is 198 Å². The zero-order valence-electron chi connectivity index (χ0n) is 45.5. The van der Waals surface area contributed by atoms with Gasteiger partial charge in [-0.05, 0) is 119 Å². The molecule has 0 N–H and O–H groups in total. The number of aryl methyl sites for hydroxylation is 3. The molecule has 0 aliphatic rings. The van der Waals surface area contributed by atoms with Crippen molar-refractivity contribution in [2.45, 2.75) is 20.8 Å². The summed E-state index contributed by atoms with van der Waals surface area (Å²) in [5, 5.41) is 52.1. The molecular formula is C75H24N12. The summed E-state index contributed by atoms with van der Waals surface area (Å²) in [6.45, 7) is 6.74. The van der Waals surface area contributed by atoms with Crippen LogP contribution in [0.3, 0.4) is 0 Å². The van der Waals surface area contributed by atoms with Gasteiger partial charge >= 0.3 is 0 Å². The largest absolute Gasteiger partial charge is 0.263 e. The number of hydrogen-bond acceptors (Lipinski definition) is 12. The van der Waals surface area contributed by atoms with Crippen molar-refractivity contribution in [3.05, 3.63) is 110 Å². The molecule has 8 heterocycles. The highest BCUT2D eigenvalue weighted by Crippen LogP contribution is 2.66. The van der Waals surface area contributed by atoms with E-state index in [0.717, 1.165) is 120 Å². The minimum atomic E-state index is 0.831. The minimum absolute atomic E-state index is 0.831. The van der Waals surface area contributed by atoms with Crippen LogP contribution in [0.15, 0.2) is 92.7 Å². The Balaban J connectivity index is 1.02. The fraction of sp³-hybridized carbons (Fsp3) is 0.0400. The second-order valence-electron chi connectivity index (χ2n) is 26.0. The Morgan fingerprint density at radius 1 is 0.184 bits per heavy atom. The van der Waals surface area contributed by atoms with Crippen molar-refractivity contribution in [3.63, 3.8) is 0 Å². The lowest BCUT2D eigenvalue weighted by atomic mass is 9.71. The van der Waals surface area contributed by atoms with E-state index in [1.807, 2.05) is 6.20 Å². The maximum Gasteiger partial charge on any atom is 0.116 e. The molecule has 0 bridgehead atoms. The summed E-state index contributed by atoms with van der Waals surface area (Å²) in [6, 6.07) is 14.6. The van der Waals surface area contributed by atoms with Gasteiger partial charge in [-0.15, -0.1) is 0 Å². The third-order valence-corrected chi connectivity index (χ3v) is 23.1. The Kier molecular flexibility index (Phi) is 5.24. The van der Waals surface area contributed by atoms with E-state index in [1.165, 1.54) is 189 Å². The smallest absolute Gasteiger partial charge is 0.116 e. The molecule has 0 fully saturated rings. The van der Waals surface area contributed by atoms with Gasteiger partial charge in [0.1, 0.15) is 47.4 Å². The Morgan fingerprint density at radius 2 is 0.494 bits per heavy atom. The van der Waals surface area contributed by atoms with Gasteiger partial charge in [-0.1, -0.05) is 24.3 Å². The van der Waals surface area contributed by atoms with Crippen molar-refractivity contribution in [1.29, 1.82) is 0 Å². The summed E-state index contributed by atoms with van der Waals surface area (Å²) in [7, 11) is 0. The molecule has 0 spiro atoms. The molecule has 0 amide bonds. The topological polar surface area (TPSA) is 155 Å². The summed E-state index contributed by atoms with van der Waals surface area (Å²) < 4.78 is 0. The van der Waals surface area contributed by atoms with Crippen molar-refractivity contribution < 1.29 is 0 Å². The van der Waals surface area contributed by atoms with Crippen LogP contribution in [0, 0.1) is 20.8 Å². The molecule has 0 atom stereocenters. The monoisotopic (exact) mass is 1090 g/mol. The van der Waals surface area contributed by atoms with E-state index in [9.17, 15) is 0 Å². The van der Waals surface area contributed by atoms with Crippen LogP contribution in [-0.4, -0.2) is 59.8 Å². The molecule has 0 saturated heterocycles. The first-order chi connectivity index (χ1) is 43.0. The maximum atomic E-state index is 5.88. The maximum absolute atomic E-state index is 5.88. The van der Waals surface area contributed by atoms with E-state index in [2.05, 4.69) is 82.0 Å². The van der Waals surface area contributed by atoms with E-state index < -0.39 is 0 Å². The van der Waals surface area contributed by atoms with Crippen LogP contribution in [0.25, 0.3) is 292 Å². The highest BCUT2D eigenvalue weighted by atomic mass is 14.9. The third-order valence-electron chi connectivity index (χ3n) is 23.1. The normalized spacial score (nSPS) is 14.4.